The molecule has 2 aromatic rings. The van der Waals surface area contributed by atoms with Gasteiger partial charge in [0, 0.05) is 5.69 Å². The van der Waals surface area contributed by atoms with Gasteiger partial charge in [0.15, 0.2) is 0 Å². The average molecular weight is 266 g/mol. The fourth-order valence-electron chi connectivity index (χ4n) is 2.82. The largest absolute Gasteiger partial charge is 0.320 e. The van der Waals surface area contributed by atoms with Crippen molar-refractivity contribution in [1.29, 1.82) is 0 Å². The molecule has 0 spiro atoms. The second kappa shape index (κ2) is 5.10. The maximum absolute atomic E-state index is 12.5. The SMILES string of the molecule is C[C@@H](c1ccccc1)N1C(=O)[C@H](N)Cc2ccccc21. The van der Waals surface area contributed by atoms with Crippen LogP contribution in [-0.4, -0.2) is 11.9 Å². The molecule has 3 nitrogen and oxygen atoms in total. The number of hydrogen-bond donors (Lipinski definition) is 1. The lowest BCUT2D eigenvalue weighted by molar-refractivity contribution is -0.120. The number of carbonyl (C=O) groups is 1. The van der Waals surface area contributed by atoms with E-state index in [4.69, 9.17) is 5.73 Å². The highest BCUT2D eigenvalue weighted by molar-refractivity contribution is 6.00. The number of fused-ring (bicyclic) bond motifs is 1. The Bertz CT molecular complexity index is 624. The van der Waals surface area contributed by atoms with E-state index < -0.39 is 6.04 Å². The van der Waals surface area contributed by atoms with Gasteiger partial charge in [-0.3, -0.25) is 4.79 Å². The Hall–Kier alpha value is -2.13. The summed E-state index contributed by atoms with van der Waals surface area (Å²) in [4.78, 5) is 14.3. The Balaban J connectivity index is 2.05. The van der Waals surface area contributed by atoms with Crippen molar-refractivity contribution >= 4 is 11.6 Å². The van der Waals surface area contributed by atoms with Gasteiger partial charge in [-0.2, -0.15) is 0 Å². The van der Waals surface area contributed by atoms with Crippen LogP contribution >= 0.6 is 0 Å². The Kier molecular flexibility index (Phi) is 3.28. The van der Waals surface area contributed by atoms with Crippen LogP contribution in [0.3, 0.4) is 0 Å². The highest BCUT2D eigenvalue weighted by atomic mass is 16.2. The summed E-state index contributed by atoms with van der Waals surface area (Å²) in [6.45, 7) is 2.04. The van der Waals surface area contributed by atoms with Gasteiger partial charge in [0.25, 0.3) is 0 Å². The van der Waals surface area contributed by atoms with Crippen LogP contribution in [0.1, 0.15) is 24.1 Å². The van der Waals surface area contributed by atoms with E-state index in [1.807, 2.05) is 66.4 Å². The highest BCUT2D eigenvalue weighted by Crippen LogP contribution is 2.34. The Morgan fingerprint density at radius 2 is 1.75 bits per heavy atom. The first-order valence-corrected chi connectivity index (χ1v) is 6.90. The lowest BCUT2D eigenvalue weighted by atomic mass is 9.94. The van der Waals surface area contributed by atoms with Gasteiger partial charge >= 0.3 is 0 Å². The van der Waals surface area contributed by atoms with Crippen LogP contribution in [0.2, 0.25) is 0 Å². The van der Waals surface area contributed by atoms with E-state index in [0.717, 1.165) is 16.8 Å². The predicted molar refractivity (Wildman–Crippen MR) is 80.5 cm³/mol. The summed E-state index contributed by atoms with van der Waals surface area (Å²) in [6.07, 6.45) is 0.618. The fraction of sp³-hybridized carbons (Fsp3) is 0.235. The summed E-state index contributed by atoms with van der Waals surface area (Å²) < 4.78 is 0. The van der Waals surface area contributed by atoms with Gasteiger partial charge in [-0.15, -0.1) is 0 Å². The number of rotatable bonds is 2. The van der Waals surface area contributed by atoms with E-state index in [0.29, 0.717) is 6.42 Å². The normalized spacial score (nSPS) is 19.6. The first-order chi connectivity index (χ1) is 9.68. The van der Waals surface area contributed by atoms with E-state index in [1.165, 1.54) is 0 Å². The van der Waals surface area contributed by atoms with Crippen molar-refractivity contribution in [3.63, 3.8) is 0 Å². The molecular formula is C17H18N2O. The minimum absolute atomic E-state index is 0.0000491. The number of nitrogens with zero attached hydrogens (tertiary/aromatic N) is 1. The zero-order valence-electron chi connectivity index (χ0n) is 11.5. The van der Waals surface area contributed by atoms with Gasteiger partial charge in [-0.05, 0) is 30.5 Å². The second-order valence-corrected chi connectivity index (χ2v) is 5.23. The van der Waals surface area contributed by atoms with Crippen LogP contribution in [-0.2, 0) is 11.2 Å². The van der Waals surface area contributed by atoms with Crippen LogP contribution in [0.15, 0.2) is 54.6 Å². The second-order valence-electron chi connectivity index (χ2n) is 5.23. The maximum Gasteiger partial charge on any atom is 0.244 e. The number of carbonyl (C=O) groups excluding carboxylic acids is 1. The van der Waals surface area contributed by atoms with Crippen LogP contribution in [0, 0.1) is 0 Å². The molecule has 2 atom stereocenters. The maximum atomic E-state index is 12.5. The van der Waals surface area contributed by atoms with Crippen LogP contribution in [0.5, 0.6) is 0 Å². The van der Waals surface area contributed by atoms with Crippen molar-refractivity contribution in [2.24, 2.45) is 5.73 Å². The van der Waals surface area contributed by atoms with Gasteiger partial charge in [0.2, 0.25) is 5.91 Å². The number of anilines is 1. The first kappa shape index (κ1) is 12.9. The zero-order chi connectivity index (χ0) is 14.1. The predicted octanol–water partition coefficient (Wildman–Crippen LogP) is 2.66. The molecule has 1 heterocycles. The quantitative estimate of drug-likeness (QED) is 0.908. The third-order valence-electron chi connectivity index (χ3n) is 3.91. The number of nitrogens with two attached hydrogens (primary N) is 1. The van der Waals surface area contributed by atoms with Gasteiger partial charge in [-0.25, -0.2) is 0 Å². The molecule has 2 aromatic carbocycles. The summed E-state index contributed by atoms with van der Waals surface area (Å²) in [6, 6.07) is 17.6. The Labute approximate surface area is 119 Å². The summed E-state index contributed by atoms with van der Waals surface area (Å²) in [5.41, 5.74) is 9.25. The number of hydrogen-bond acceptors (Lipinski definition) is 2. The minimum Gasteiger partial charge on any atom is -0.320 e. The Morgan fingerprint density at radius 3 is 2.50 bits per heavy atom. The van der Waals surface area contributed by atoms with Crippen molar-refractivity contribution in [3.05, 3.63) is 65.7 Å². The van der Waals surface area contributed by atoms with E-state index in [9.17, 15) is 4.79 Å². The fourth-order valence-corrected chi connectivity index (χ4v) is 2.82. The van der Waals surface area contributed by atoms with Crippen molar-refractivity contribution in [1.82, 2.24) is 0 Å². The summed E-state index contributed by atoms with van der Waals surface area (Å²) in [5, 5.41) is 0. The minimum atomic E-state index is -0.448. The highest BCUT2D eigenvalue weighted by Gasteiger charge is 2.33. The van der Waals surface area contributed by atoms with Gasteiger partial charge in [0.05, 0.1) is 12.1 Å². The Morgan fingerprint density at radius 1 is 1.10 bits per heavy atom. The molecule has 0 saturated heterocycles. The van der Waals surface area contributed by atoms with Crippen molar-refractivity contribution in [2.75, 3.05) is 4.90 Å². The molecule has 3 heteroatoms. The summed E-state index contributed by atoms with van der Waals surface area (Å²) in [7, 11) is 0. The third kappa shape index (κ3) is 2.10. The van der Waals surface area contributed by atoms with E-state index in [-0.39, 0.29) is 11.9 Å². The monoisotopic (exact) mass is 266 g/mol. The lowest BCUT2D eigenvalue weighted by Crippen LogP contribution is -2.49. The molecule has 20 heavy (non-hydrogen) atoms. The standard InChI is InChI=1S/C17H18N2O/c1-12(13-7-3-2-4-8-13)19-16-10-6-5-9-14(16)11-15(18)17(19)20/h2-10,12,15H,11,18H2,1H3/t12-,15+/m0/s1. The van der Waals surface area contributed by atoms with Crippen molar-refractivity contribution in [3.8, 4) is 0 Å². The molecule has 0 aliphatic carbocycles. The smallest absolute Gasteiger partial charge is 0.244 e. The molecule has 1 amide bonds. The summed E-state index contributed by atoms with van der Waals surface area (Å²) in [5.74, 6) is 0.0000491. The molecule has 0 fully saturated rings. The van der Waals surface area contributed by atoms with E-state index >= 15 is 0 Å². The first-order valence-electron chi connectivity index (χ1n) is 6.90. The van der Waals surface area contributed by atoms with Gasteiger partial charge in [0.1, 0.15) is 0 Å². The third-order valence-corrected chi connectivity index (χ3v) is 3.91. The average Bonchev–Trinajstić information content (AvgIpc) is 2.49. The van der Waals surface area contributed by atoms with E-state index in [1.54, 1.807) is 0 Å². The topological polar surface area (TPSA) is 46.3 Å². The molecule has 0 radical (unpaired) electrons. The lowest BCUT2D eigenvalue weighted by Gasteiger charge is -2.37. The van der Waals surface area contributed by atoms with Crippen molar-refractivity contribution in [2.45, 2.75) is 25.4 Å². The van der Waals surface area contributed by atoms with Crippen LogP contribution < -0.4 is 10.6 Å². The van der Waals surface area contributed by atoms with Crippen LogP contribution in [0.4, 0.5) is 5.69 Å². The molecule has 0 aromatic heterocycles. The molecule has 2 N–H and O–H groups in total. The van der Waals surface area contributed by atoms with Crippen LogP contribution in [0.25, 0.3) is 0 Å². The molecule has 1 aliphatic heterocycles. The number of para-hydroxylation sites is 1. The summed E-state index contributed by atoms with van der Waals surface area (Å²) >= 11 is 0. The molecule has 0 bridgehead atoms. The number of amides is 1. The van der Waals surface area contributed by atoms with E-state index in [2.05, 4.69) is 0 Å². The molecule has 0 unspecified atom stereocenters. The molecule has 0 saturated carbocycles. The molecule has 1 aliphatic rings. The number of benzene rings is 2. The zero-order valence-corrected chi connectivity index (χ0v) is 11.5. The molecular weight excluding hydrogens is 248 g/mol. The van der Waals surface area contributed by atoms with Gasteiger partial charge < -0.3 is 10.6 Å². The van der Waals surface area contributed by atoms with Gasteiger partial charge in [-0.1, -0.05) is 48.5 Å². The molecule has 102 valence electrons. The molecule has 3 rings (SSSR count). The van der Waals surface area contributed by atoms with Crippen molar-refractivity contribution < 1.29 is 4.79 Å².